The van der Waals surface area contributed by atoms with Crippen LogP contribution in [-0.2, 0) is 4.84 Å². The number of hydroxylamine groups is 2. The van der Waals surface area contributed by atoms with Crippen molar-refractivity contribution in [2.75, 3.05) is 13.2 Å². The third-order valence-electron chi connectivity index (χ3n) is 2.46. The number of aliphatic hydroxyl groups is 1. The zero-order valence-corrected chi connectivity index (χ0v) is 7.40. The number of amides is 2. The number of aliphatic hydroxyl groups excluding tert-OH is 1. The van der Waals surface area contributed by atoms with E-state index in [9.17, 15) is 4.79 Å². The molecular weight excluding hydrogens is 172 g/mol. The molecule has 2 fully saturated rings. The molecule has 2 amide bonds. The van der Waals surface area contributed by atoms with E-state index in [1.807, 2.05) is 0 Å². The largest absolute Gasteiger partial charge is 0.389 e. The maximum atomic E-state index is 11.4. The molecular formula is C8H14N2O3. The van der Waals surface area contributed by atoms with Crippen molar-refractivity contribution in [3.63, 3.8) is 0 Å². The van der Waals surface area contributed by atoms with Gasteiger partial charge in [-0.05, 0) is 19.3 Å². The highest BCUT2D eigenvalue weighted by Gasteiger charge is 2.28. The molecule has 1 heterocycles. The lowest BCUT2D eigenvalue weighted by Crippen LogP contribution is -2.46. The summed E-state index contributed by atoms with van der Waals surface area (Å²) in [5, 5.41) is 13.1. The Morgan fingerprint density at radius 2 is 2.31 bits per heavy atom. The van der Waals surface area contributed by atoms with Gasteiger partial charge in [-0.3, -0.25) is 4.84 Å². The average Bonchev–Trinajstić information content (AvgIpc) is 2.44. The standard InChI is InChI=1S/C8H14N2O3/c11-7-4-10(13-5-7)8(12)9-6-2-1-3-6/h6-7,11H,1-5H2,(H,9,12)/t7-/m1/s1. The molecule has 0 aromatic heterocycles. The van der Waals surface area contributed by atoms with Gasteiger partial charge in [-0.2, -0.15) is 0 Å². The summed E-state index contributed by atoms with van der Waals surface area (Å²) >= 11 is 0. The lowest BCUT2D eigenvalue weighted by molar-refractivity contribution is -0.0691. The van der Waals surface area contributed by atoms with E-state index in [4.69, 9.17) is 9.94 Å². The van der Waals surface area contributed by atoms with Crippen LogP contribution < -0.4 is 5.32 Å². The maximum absolute atomic E-state index is 11.4. The Kier molecular flexibility index (Phi) is 2.37. The molecule has 2 rings (SSSR count). The van der Waals surface area contributed by atoms with E-state index in [1.54, 1.807) is 0 Å². The second-order valence-corrected chi connectivity index (χ2v) is 3.59. The number of carbonyl (C=O) groups is 1. The molecule has 0 unspecified atom stereocenters. The number of urea groups is 1. The zero-order chi connectivity index (χ0) is 9.26. The first-order valence-electron chi connectivity index (χ1n) is 4.65. The first-order valence-corrected chi connectivity index (χ1v) is 4.65. The van der Waals surface area contributed by atoms with E-state index in [0.29, 0.717) is 6.04 Å². The summed E-state index contributed by atoms with van der Waals surface area (Å²) in [6, 6.07) is 0.0927. The van der Waals surface area contributed by atoms with Gasteiger partial charge in [-0.15, -0.1) is 0 Å². The second kappa shape index (κ2) is 3.51. The number of nitrogens with one attached hydrogen (secondary N) is 1. The fourth-order valence-corrected chi connectivity index (χ4v) is 1.41. The zero-order valence-electron chi connectivity index (χ0n) is 7.40. The minimum atomic E-state index is -0.535. The van der Waals surface area contributed by atoms with Crippen molar-refractivity contribution >= 4 is 6.03 Å². The number of carbonyl (C=O) groups excluding carboxylic acids is 1. The predicted octanol–water partition coefficient (Wildman–Crippen LogP) is -0.143. The van der Waals surface area contributed by atoms with Crippen LogP contribution in [0.5, 0.6) is 0 Å². The highest BCUT2D eigenvalue weighted by molar-refractivity contribution is 5.73. The molecule has 0 spiro atoms. The second-order valence-electron chi connectivity index (χ2n) is 3.59. The minimum Gasteiger partial charge on any atom is -0.389 e. The maximum Gasteiger partial charge on any atom is 0.341 e. The van der Waals surface area contributed by atoms with Crippen LogP contribution in [-0.4, -0.2) is 41.5 Å². The van der Waals surface area contributed by atoms with Crippen molar-refractivity contribution in [2.24, 2.45) is 0 Å². The van der Waals surface area contributed by atoms with E-state index in [2.05, 4.69) is 5.32 Å². The smallest absolute Gasteiger partial charge is 0.341 e. The fourth-order valence-electron chi connectivity index (χ4n) is 1.41. The van der Waals surface area contributed by atoms with Gasteiger partial charge in [0.15, 0.2) is 0 Å². The number of hydrogen-bond donors (Lipinski definition) is 2. The molecule has 5 heteroatoms. The first kappa shape index (κ1) is 8.77. The Bertz CT molecular complexity index is 206. The van der Waals surface area contributed by atoms with Crippen LogP contribution in [0.2, 0.25) is 0 Å². The molecule has 0 radical (unpaired) electrons. The van der Waals surface area contributed by atoms with Gasteiger partial charge in [0, 0.05) is 6.04 Å². The fraction of sp³-hybridized carbons (Fsp3) is 0.875. The Morgan fingerprint density at radius 3 is 2.77 bits per heavy atom. The molecule has 1 aliphatic heterocycles. The molecule has 1 aliphatic carbocycles. The van der Waals surface area contributed by atoms with Crippen molar-refractivity contribution in [2.45, 2.75) is 31.4 Å². The van der Waals surface area contributed by atoms with Gasteiger partial charge in [0.05, 0.1) is 6.54 Å². The molecule has 0 bridgehead atoms. The number of nitrogens with zero attached hydrogens (tertiary/aromatic N) is 1. The Hall–Kier alpha value is -0.810. The molecule has 5 nitrogen and oxygen atoms in total. The van der Waals surface area contributed by atoms with Crippen LogP contribution in [0, 0.1) is 0 Å². The van der Waals surface area contributed by atoms with Crippen LogP contribution in [0.15, 0.2) is 0 Å². The van der Waals surface area contributed by atoms with Crippen LogP contribution in [0.3, 0.4) is 0 Å². The van der Waals surface area contributed by atoms with Crippen molar-refractivity contribution in [3.05, 3.63) is 0 Å². The molecule has 1 saturated heterocycles. The molecule has 1 atom stereocenters. The highest BCUT2D eigenvalue weighted by Crippen LogP contribution is 2.18. The monoisotopic (exact) mass is 186 g/mol. The summed E-state index contributed by atoms with van der Waals surface area (Å²) in [4.78, 5) is 16.3. The Labute approximate surface area is 76.6 Å². The highest BCUT2D eigenvalue weighted by atomic mass is 16.7. The average molecular weight is 186 g/mol. The summed E-state index contributed by atoms with van der Waals surface area (Å²) in [6.07, 6.45) is 2.77. The first-order chi connectivity index (χ1) is 6.25. The van der Waals surface area contributed by atoms with Gasteiger partial charge < -0.3 is 10.4 Å². The third-order valence-corrected chi connectivity index (χ3v) is 2.46. The van der Waals surface area contributed by atoms with E-state index < -0.39 is 6.10 Å². The summed E-state index contributed by atoms with van der Waals surface area (Å²) in [7, 11) is 0. The molecule has 74 valence electrons. The molecule has 13 heavy (non-hydrogen) atoms. The summed E-state index contributed by atoms with van der Waals surface area (Å²) in [6.45, 7) is 0.497. The van der Waals surface area contributed by atoms with Crippen molar-refractivity contribution < 1.29 is 14.7 Å². The lowest BCUT2D eigenvalue weighted by atomic mass is 9.93. The quantitative estimate of drug-likeness (QED) is 0.599. The Balaban J connectivity index is 1.76. The lowest BCUT2D eigenvalue weighted by Gasteiger charge is -2.28. The topological polar surface area (TPSA) is 61.8 Å². The van der Waals surface area contributed by atoms with E-state index in [0.717, 1.165) is 12.8 Å². The van der Waals surface area contributed by atoms with Crippen LogP contribution in [0.1, 0.15) is 19.3 Å². The molecule has 2 aliphatic rings. The van der Waals surface area contributed by atoms with Crippen LogP contribution in [0.25, 0.3) is 0 Å². The van der Waals surface area contributed by atoms with Crippen molar-refractivity contribution in [1.82, 2.24) is 10.4 Å². The van der Waals surface area contributed by atoms with E-state index >= 15 is 0 Å². The normalized spacial score (nSPS) is 28.7. The summed E-state index contributed by atoms with van der Waals surface area (Å²) < 4.78 is 0. The van der Waals surface area contributed by atoms with Gasteiger partial charge in [0.2, 0.25) is 0 Å². The number of β-amino-alcohol motifs (C(OH)–C–C–N with tert-alkyl or cyclic N) is 1. The number of hydrogen-bond acceptors (Lipinski definition) is 3. The molecule has 0 aromatic carbocycles. The summed E-state index contributed by atoms with van der Waals surface area (Å²) in [5.41, 5.74) is 0. The molecule has 1 saturated carbocycles. The van der Waals surface area contributed by atoms with Gasteiger partial charge >= 0.3 is 6.03 Å². The van der Waals surface area contributed by atoms with Crippen molar-refractivity contribution in [1.29, 1.82) is 0 Å². The predicted molar refractivity (Wildman–Crippen MR) is 44.8 cm³/mol. The van der Waals surface area contributed by atoms with Crippen molar-refractivity contribution in [3.8, 4) is 0 Å². The Morgan fingerprint density at radius 1 is 1.54 bits per heavy atom. The van der Waals surface area contributed by atoms with Gasteiger partial charge in [-0.25, -0.2) is 9.86 Å². The summed E-state index contributed by atoms with van der Waals surface area (Å²) in [5.74, 6) is 0. The van der Waals surface area contributed by atoms with Gasteiger partial charge in [0.25, 0.3) is 0 Å². The molecule has 2 N–H and O–H groups in total. The van der Waals surface area contributed by atoms with Gasteiger partial charge in [-0.1, -0.05) is 0 Å². The van der Waals surface area contributed by atoms with E-state index in [1.165, 1.54) is 11.5 Å². The minimum absolute atomic E-state index is 0.220. The number of rotatable bonds is 1. The SMILES string of the molecule is O=C(NC1CCC1)N1C[C@@H](O)CO1. The van der Waals surface area contributed by atoms with E-state index in [-0.39, 0.29) is 19.2 Å². The van der Waals surface area contributed by atoms with Gasteiger partial charge in [0.1, 0.15) is 12.7 Å². The van der Waals surface area contributed by atoms with Crippen LogP contribution >= 0.6 is 0 Å². The van der Waals surface area contributed by atoms with Crippen LogP contribution in [0.4, 0.5) is 4.79 Å². The third kappa shape index (κ3) is 1.92. The molecule has 0 aromatic rings.